The van der Waals surface area contributed by atoms with Crippen molar-refractivity contribution < 1.29 is 9.53 Å². The molecule has 0 unspecified atom stereocenters. The molecule has 3 aromatic rings. The number of methoxy groups -OCH3 is 1. The van der Waals surface area contributed by atoms with Gasteiger partial charge in [0, 0.05) is 54.5 Å². The summed E-state index contributed by atoms with van der Waals surface area (Å²) in [5, 5.41) is 7.12. The average molecular weight is 470 g/mol. The zero-order valence-electron chi connectivity index (χ0n) is 19.3. The molecule has 2 aromatic heterocycles. The largest absolute Gasteiger partial charge is 0.497 e. The summed E-state index contributed by atoms with van der Waals surface area (Å²) >= 11 is 6.70. The van der Waals surface area contributed by atoms with Gasteiger partial charge in [0.1, 0.15) is 11.6 Å². The number of halogens is 1. The molecule has 1 amide bonds. The van der Waals surface area contributed by atoms with Crippen LogP contribution in [0.1, 0.15) is 22.8 Å². The Balaban J connectivity index is 2.00. The molecule has 0 saturated heterocycles. The fourth-order valence-electron chi connectivity index (χ4n) is 4.18. The van der Waals surface area contributed by atoms with Gasteiger partial charge in [-0.3, -0.25) is 9.59 Å². The molecule has 33 heavy (non-hydrogen) atoms. The van der Waals surface area contributed by atoms with Crippen LogP contribution in [-0.4, -0.2) is 61.2 Å². The molecule has 0 atom stereocenters. The van der Waals surface area contributed by atoms with E-state index >= 15 is 0 Å². The second kappa shape index (κ2) is 9.41. The maximum atomic E-state index is 13.9. The number of carbonyl (C=O) groups is 1. The predicted molar refractivity (Wildman–Crippen MR) is 132 cm³/mol. The molecule has 9 heteroatoms. The summed E-state index contributed by atoms with van der Waals surface area (Å²) in [6, 6.07) is 5.10. The summed E-state index contributed by atoms with van der Waals surface area (Å²) < 4.78 is 7.23. The Hall–Kier alpha value is -3.10. The van der Waals surface area contributed by atoms with E-state index in [4.69, 9.17) is 16.3 Å². The molecule has 1 aliphatic heterocycles. The number of hydrogen-bond acceptors (Lipinski definition) is 6. The molecule has 2 N–H and O–H groups in total. The maximum Gasteiger partial charge on any atom is 0.259 e. The molecule has 0 aliphatic carbocycles. The van der Waals surface area contributed by atoms with E-state index in [9.17, 15) is 9.59 Å². The lowest BCUT2D eigenvalue weighted by molar-refractivity contribution is 0.0955. The standard InChI is InChI=1S/C24H28ClN5O3/c1-5-26-23(31)19-12-15(33-4)11-17(20(19)25)18-10-14-13-28-22-16(6-7-27-22)21(14)30(24(18)32)9-8-29(2)3/h10-13H,5-9H2,1-4H3,(H,26,31)(H,27,28). The minimum absolute atomic E-state index is 0.165. The quantitative estimate of drug-likeness (QED) is 0.553. The van der Waals surface area contributed by atoms with Crippen molar-refractivity contribution in [2.24, 2.45) is 0 Å². The van der Waals surface area contributed by atoms with Crippen LogP contribution in [0, 0.1) is 0 Å². The molecule has 0 bridgehead atoms. The zero-order valence-corrected chi connectivity index (χ0v) is 20.0. The van der Waals surface area contributed by atoms with Crippen molar-refractivity contribution in [1.29, 1.82) is 0 Å². The fourth-order valence-corrected chi connectivity index (χ4v) is 4.48. The summed E-state index contributed by atoms with van der Waals surface area (Å²) in [5.74, 6) is 0.958. The molecule has 8 nitrogen and oxygen atoms in total. The summed E-state index contributed by atoms with van der Waals surface area (Å²) in [5.41, 5.74) is 2.91. The first-order valence-electron chi connectivity index (χ1n) is 11.0. The number of fused-ring (bicyclic) bond motifs is 3. The topological polar surface area (TPSA) is 88.5 Å². The van der Waals surface area contributed by atoms with Crippen LogP contribution in [0.4, 0.5) is 5.82 Å². The zero-order chi connectivity index (χ0) is 23.7. The highest BCUT2D eigenvalue weighted by atomic mass is 35.5. The van der Waals surface area contributed by atoms with Crippen molar-refractivity contribution in [3.8, 4) is 16.9 Å². The lowest BCUT2D eigenvalue weighted by Crippen LogP contribution is -2.28. The number of nitrogens with zero attached hydrogens (tertiary/aromatic N) is 3. The van der Waals surface area contributed by atoms with Gasteiger partial charge in [-0.05, 0) is 45.6 Å². The molecule has 4 rings (SSSR count). The van der Waals surface area contributed by atoms with Gasteiger partial charge in [-0.25, -0.2) is 4.98 Å². The predicted octanol–water partition coefficient (Wildman–Crippen LogP) is 3.00. The lowest BCUT2D eigenvalue weighted by atomic mass is 10.00. The van der Waals surface area contributed by atoms with E-state index in [1.807, 2.05) is 32.0 Å². The van der Waals surface area contributed by atoms with Crippen LogP contribution in [0.5, 0.6) is 5.75 Å². The Labute approximate surface area is 197 Å². The van der Waals surface area contributed by atoms with Crippen LogP contribution in [0.2, 0.25) is 5.02 Å². The monoisotopic (exact) mass is 469 g/mol. The number of likely N-dealkylation sites (N-methyl/N-ethyl adjacent to an activating group) is 1. The van der Waals surface area contributed by atoms with Crippen molar-refractivity contribution in [3.63, 3.8) is 0 Å². The van der Waals surface area contributed by atoms with Crippen molar-refractivity contribution >= 4 is 34.2 Å². The van der Waals surface area contributed by atoms with Gasteiger partial charge in [0.15, 0.2) is 0 Å². The smallest absolute Gasteiger partial charge is 0.259 e. The van der Waals surface area contributed by atoms with Gasteiger partial charge in [-0.15, -0.1) is 0 Å². The minimum atomic E-state index is -0.318. The van der Waals surface area contributed by atoms with Crippen molar-refractivity contribution in [2.45, 2.75) is 19.9 Å². The molecule has 0 saturated carbocycles. The van der Waals surface area contributed by atoms with E-state index in [0.717, 1.165) is 35.2 Å². The molecule has 0 fully saturated rings. The highest BCUT2D eigenvalue weighted by Crippen LogP contribution is 2.36. The number of amides is 1. The Morgan fingerprint density at radius 3 is 2.79 bits per heavy atom. The number of rotatable bonds is 7. The number of benzene rings is 1. The van der Waals surface area contributed by atoms with Gasteiger partial charge in [-0.1, -0.05) is 11.6 Å². The van der Waals surface area contributed by atoms with Gasteiger partial charge < -0.3 is 24.8 Å². The van der Waals surface area contributed by atoms with E-state index in [-0.39, 0.29) is 22.1 Å². The Morgan fingerprint density at radius 1 is 1.30 bits per heavy atom. The summed E-state index contributed by atoms with van der Waals surface area (Å²) in [6.07, 6.45) is 2.59. The van der Waals surface area contributed by atoms with Crippen molar-refractivity contribution in [3.05, 3.63) is 50.9 Å². The molecular formula is C24H28ClN5O3. The van der Waals surface area contributed by atoms with E-state index in [1.54, 1.807) is 22.9 Å². The first-order chi connectivity index (χ1) is 15.8. The third-order valence-electron chi connectivity index (χ3n) is 5.82. The lowest BCUT2D eigenvalue weighted by Gasteiger charge is -2.19. The molecule has 0 radical (unpaired) electrons. The van der Waals surface area contributed by atoms with Gasteiger partial charge in [0.05, 0.1) is 23.2 Å². The first kappa shape index (κ1) is 23.1. The molecular weight excluding hydrogens is 442 g/mol. The Bertz CT molecular complexity index is 1290. The van der Waals surface area contributed by atoms with Crippen molar-refractivity contribution in [1.82, 2.24) is 19.8 Å². The van der Waals surface area contributed by atoms with E-state index in [1.165, 1.54) is 7.11 Å². The molecule has 0 spiro atoms. The van der Waals surface area contributed by atoms with Crippen LogP contribution in [0.3, 0.4) is 0 Å². The number of anilines is 1. The molecule has 1 aliphatic rings. The fraction of sp³-hybridized carbons (Fsp3) is 0.375. The average Bonchev–Trinajstić information content (AvgIpc) is 3.27. The van der Waals surface area contributed by atoms with E-state index < -0.39 is 0 Å². The number of nitrogens with one attached hydrogen (secondary N) is 2. The number of carbonyl (C=O) groups excluding carboxylic acids is 1. The highest BCUT2D eigenvalue weighted by molar-refractivity contribution is 6.36. The third-order valence-corrected chi connectivity index (χ3v) is 6.22. The highest BCUT2D eigenvalue weighted by Gasteiger charge is 2.23. The summed E-state index contributed by atoms with van der Waals surface area (Å²) in [4.78, 5) is 33.1. The van der Waals surface area contributed by atoms with Gasteiger partial charge in [-0.2, -0.15) is 0 Å². The Morgan fingerprint density at radius 2 is 2.09 bits per heavy atom. The van der Waals surface area contributed by atoms with Crippen LogP contribution in [0.15, 0.2) is 29.2 Å². The van der Waals surface area contributed by atoms with E-state index in [0.29, 0.717) is 36.5 Å². The van der Waals surface area contributed by atoms with Gasteiger partial charge in [0.25, 0.3) is 11.5 Å². The Kier molecular flexibility index (Phi) is 6.58. The molecule has 1 aromatic carbocycles. The van der Waals surface area contributed by atoms with Crippen LogP contribution < -0.4 is 20.9 Å². The summed E-state index contributed by atoms with van der Waals surface area (Å²) in [6.45, 7) is 4.29. The SMILES string of the molecule is CCNC(=O)c1cc(OC)cc(-c2cc3cnc4c(c3n(CCN(C)C)c2=O)CCN4)c1Cl. The van der Waals surface area contributed by atoms with Crippen LogP contribution >= 0.6 is 11.6 Å². The number of hydrogen-bond donors (Lipinski definition) is 2. The summed E-state index contributed by atoms with van der Waals surface area (Å²) in [7, 11) is 5.47. The van der Waals surface area contributed by atoms with Gasteiger partial charge >= 0.3 is 0 Å². The van der Waals surface area contributed by atoms with Crippen LogP contribution in [-0.2, 0) is 13.0 Å². The second-order valence-corrected chi connectivity index (χ2v) is 8.66. The molecule has 3 heterocycles. The first-order valence-corrected chi connectivity index (χ1v) is 11.3. The normalized spacial score (nSPS) is 12.7. The third kappa shape index (κ3) is 4.28. The van der Waals surface area contributed by atoms with Gasteiger partial charge in [0.2, 0.25) is 0 Å². The number of aromatic nitrogens is 2. The maximum absolute atomic E-state index is 13.9. The number of ether oxygens (including phenoxy) is 1. The molecule has 174 valence electrons. The van der Waals surface area contributed by atoms with E-state index in [2.05, 4.69) is 15.6 Å². The minimum Gasteiger partial charge on any atom is -0.497 e. The van der Waals surface area contributed by atoms with Crippen molar-refractivity contribution in [2.75, 3.05) is 46.2 Å². The number of pyridine rings is 2. The second-order valence-electron chi connectivity index (χ2n) is 8.28. The van der Waals surface area contributed by atoms with Crippen LogP contribution in [0.25, 0.3) is 22.0 Å².